The molecule has 1 aliphatic rings. The molecule has 2 N–H and O–H groups in total. The van der Waals surface area contributed by atoms with Crippen molar-refractivity contribution < 1.29 is 28.7 Å². The van der Waals surface area contributed by atoms with Crippen LogP contribution in [0.15, 0.2) is 83.2 Å². The van der Waals surface area contributed by atoms with Crippen LogP contribution >= 0.6 is 0 Å². The number of aromatic amines is 1. The van der Waals surface area contributed by atoms with Crippen molar-refractivity contribution >= 4 is 17.6 Å². The molecule has 11 heteroatoms. The standard InChI is InChI=1S/C32H36N4O7/c1-4-41-31(37)28-21(2)33-22(3)29(30(28)24-16-10-11-17-26(24)36(39)40)32(38)43-19-13-6-5-12-18-42-27-20-25(34-35-27)23-14-8-7-9-15-23/h7-11,14-17,20,30,33H,4-6,12-13,18-19H2,1-3H3,(H,34,35). The summed E-state index contributed by atoms with van der Waals surface area (Å²) in [5, 5.41) is 22.1. The van der Waals surface area contributed by atoms with Gasteiger partial charge in [-0.05, 0) is 52.0 Å². The average molecular weight is 589 g/mol. The predicted molar refractivity (Wildman–Crippen MR) is 160 cm³/mol. The molecular weight excluding hydrogens is 552 g/mol. The molecule has 4 rings (SSSR count). The van der Waals surface area contributed by atoms with Crippen molar-refractivity contribution in [2.45, 2.75) is 52.4 Å². The molecule has 1 aromatic heterocycles. The van der Waals surface area contributed by atoms with Gasteiger partial charge < -0.3 is 19.5 Å². The second kappa shape index (κ2) is 14.8. The smallest absolute Gasteiger partial charge is 0.336 e. The van der Waals surface area contributed by atoms with Crippen molar-refractivity contribution in [3.05, 3.63) is 98.9 Å². The monoisotopic (exact) mass is 588 g/mol. The van der Waals surface area contributed by atoms with E-state index in [4.69, 9.17) is 14.2 Å². The summed E-state index contributed by atoms with van der Waals surface area (Å²) in [6, 6.07) is 17.8. The lowest BCUT2D eigenvalue weighted by Gasteiger charge is -2.30. The Balaban J connectivity index is 1.32. The normalized spacial score (nSPS) is 14.7. The van der Waals surface area contributed by atoms with Crippen LogP contribution in [-0.2, 0) is 19.1 Å². The molecule has 2 heterocycles. The summed E-state index contributed by atoms with van der Waals surface area (Å²) >= 11 is 0. The number of allylic oxidation sites excluding steroid dienone is 2. The van der Waals surface area contributed by atoms with Crippen molar-refractivity contribution in [1.82, 2.24) is 15.5 Å². The number of benzene rings is 2. The van der Waals surface area contributed by atoms with Gasteiger partial charge in [-0.1, -0.05) is 48.5 Å². The van der Waals surface area contributed by atoms with Crippen molar-refractivity contribution in [3.63, 3.8) is 0 Å². The number of para-hydroxylation sites is 1. The Morgan fingerprint density at radius 2 is 1.51 bits per heavy atom. The largest absolute Gasteiger partial charge is 0.477 e. The van der Waals surface area contributed by atoms with Gasteiger partial charge in [-0.25, -0.2) is 9.59 Å². The van der Waals surface area contributed by atoms with Gasteiger partial charge in [0.15, 0.2) is 0 Å². The van der Waals surface area contributed by atoms with Crippen LogP contribution in [-0.4, -0.2) is 46.9 Å². The number of esters is 2. The summed E-state index contributed by atoms with van der Waals surface area (Å²) in [4.78, 5) is 37.8. The van der Waals surface area contributed by atoms with E-state index in [-0.39, 0.29) is 35.6 Å². The first kappa shape index (κ1) is 31.0. The molecule has 0 bridgehead atoms. The van der Waals surface area contributed by atoms with Crippen LogP contribution in [0, 0.1) is 10.1 Å². The number of H-pyrrole nitrogens is 1. The van der Waals surface area contributed by atoms with Gasteiger partial charge >= 0.3 is 11.9 Å². The Hall–Kier alpha value is -4.93. The summed E-state index contributed by atoms with van der Waals surface area (Å²) < 4.78 is 16.6. The van der Waals surface area contributed by atoms with Gasteiger partial charge in [0.2, 0.25) is 5.88 Å². The van der Waals surface area contributed by atoms with Crippen LogP contribution in [0.25, 0.3) is 11.3 Å². The van der Waals surface area contributed by atoms with Crippen LogP contribution < -0.4 is 10.1 Å². The van der Waals surface area contributed by atoms with Crippen LogP contribution in [0.2, 0.25) is 0 Å². The lowest BCUT2D eigenvalue weighted by atomic mass is 9.79. The molecule has 0 amide bonds. The van der Waals surface area contributed by atoms with Gasteiger partial charge in [0.05, 0.1) is 47.5 Å². The molecule has 11 nitrogen and oxygen atoms in total. The fraction of sp³-hybridized carbons (Fsp3) is 0.344. The molecule has 0 saturated carbocycles. The number of carbonyl (C=O) groups excluding carboxylic acids is 2. The van der Waals surface area contributed by atoms with E-state index in [1.54, 1.807) is 39.0 Å². The van der Waals surface area contributed by atoms with Gasteiger partial charge in [0, 0.05) is 29.1 Å². The SMILES string of the molecule is CCOC(=O)C1=C(C)NC(C)=C(C(=O)OCCCCCCOc2cc(-c3ccccc3)[nH]n2)C1c1ccccc1[N+](=O)[O-]. The van der Waals surface area contributed by atoms with Crippen LogP contribution in [0.4, 0.5) is 5.69 Å². The predicted octanol–water partition coefficient (Wildman–Crippen LogP) is 5.97. The zero-order chi connectivity index (χ0) is 30.8. The summed E-state index contributed by atoms with van der Waals surface area (Å²) in [6.45, 7) is 5.83. The maximum atomic E-state index is 13.4. The average Bonchev–Trinajstić information content (AvgIpc) is 3.47. The van der Waals surface area contributed by atoms with Crippen LogP contribution in [0.3, 0.4) is 0 Å². The zero-order valence-electron chi connectivity index (χ0n) is 24.6. The fourth-order valence-corrected chi connectivity index (χ4v) is 5.07. The van der Waals surface area contributed by atoms with E-state index in [0.717, 1.165) is 30.5 Å². The first-order valence-corrected chi connectivity index (χ1v) is 14.3. The van der Waals surface area contributed by atoms with Crippen molar-refractivity contribution in [2.24, 2.45) is 0 Å². The number of rotatable bonds is 14. The molecule has 226 valence electrons. The van der Waals surface area contributed by atoms with Crippen LogP contribution in [0.5, 0.6) is 5.88 Å². The quantitative estimate of drug-likeness (QED) is 0.101. The highest BCUT2D eigenvalue weighted by molar-refractivity contribution is 6.00. The molecule has 0 saturated heterocycles. The Morgan fingerprint density at radius 1 is 0.884 bits per heavy atom. The first-order chi connectivity index (χ1) is 20.8. The molecule has 1 atom stereocenters. The van der Waals surface area contributed by atoms with E-state index in [0.29, 0.717) is 30.3 Å². The van der Waals surface area contributed by atoms with Gasteiger partial charge in [-0.2, -0.15) is 0 Å². The summed E-state index contributed by atoms with van der Waals surface area (Å²) in [5.74, 6) is -1.77. The number of hydrogen-bond acceptors (Lipinski definition) is 9. The number of ether oxygens (including phenoxy) is 3. The van der Waals surface area contributed by atoms with E-state index in [9.17, 15) is 19.7 Å². The topological polar surface area (TPSA) is 146 Å². The Bertz CT molecular complexity index is 1510. The van der Waals surface area contributed by atoms with E-state index < -0.39 is 22.8 Å². The first-order valence-electron chi connectivity index (χ1n) is 14.3. The van der Waals surface area contributed by atoms with E-state index in [2.05, 4.69) is 15.5 Å². The second-order valence-corrected chi connectivity index (χ2v) is 10.1. The number of carbonyl (C=O) groups is 2. The highest BCUT2D eigenvalue weighted by atomic mass is 16.6. The minimum Gasteiger partial charge on any atom is -0.477 e. The molecule has 43 heavy (non-hydrogen) atoms. The van der Waals surface area contributed by atoms with Crippen molar-refractivity contribution in [3.8, 4) is 17.1 Å². The molecule has 0 aliphatic carbocycles. The van der Waals surface area contributed by atoms with E-state index in [1.807, 2.05) is 36.4 Å². The lowest BCUT2D eigenvalue weighted by Crippen LogP contribution is -2.33. The highest BCUT2D eigenvalue weighted by Gasteiger charge is 2.40. The number of aromatic nitrogens is 2. The molecule has 1 aliphatic heterocycles. The van der Waals surface area contributed by atoms with Crippen molar-refractivity contribution in [1.29, 1.82) is 0 Å². The van der Waals surface area contributed by atoms with Gasteiger partial charge in [0.1, 0.15) is 0 Å². The van der Waals surface area contributed by atoms with Gasteiger partial charge in [0.25, 0.3) is 5.69 Å². The summed E-state index contributed by atoms with van der Waals surface area (Å²) in [7, 11) is 0. The Morgan fingerprint density at radius 3 is 2.19 bits per heavy atom. The number of nitro groups is 1. The highest BCUT2D eigenvalue weighted by Crippen LogP contribution is 2.42. The summed E-state index contributed by atoms with van der Waals surface area (Å²) in [6.07, 6.45) is 3.11. The molecule has 2 aromatic carbocycles. The molecule has 3 aromatic rings. The number of nitro benzene ring substituents is 1. The molecule has 0 fully saturated rings. The van der Waals surface area contributed by atoms with Crippen LogP contribution in [0.1, 0.15) is 57.9 Å². The number of unbranched alkanes of at least 4 members (excludes halogenated alkanes) is 3. The summed E-state index contributed by atoms with van der Waals surface area (Å²) in [5.41, 5.74) is 3.15. The third-order valence-corrected chi connectivity index (χ3v) is 7.08. The molecular formula is C32H36N4O7. The lowest BCUT2D eigenvalue weighted by molar-refractivity contribution is -0.385. The maximum Gasteiger partial charge on any atom is 0.336 e. The number of hydrogen-bond donors (Lipinski definition) is 2. The number of nitrogens with one attached hydrogen (secondary N) is 2. The van der Waals surface area contributed by atoms with Crippen molar-refractivity contribution in [2.75, 3.05) is 19.8 Å². The molecule has 0 radical (unpaired) electrons. The Labute approximate surface area is 250 Å². The molecule has 1 unspecified atom stereocenters. The van der Waals surface area contributed by atoms with Gasteiger partial charge in [-0.15, -0.1) is 5.10 Å². The fourth-order valence-electron chi connectivity index (χ4n) is 5.07. The minimum absolute atomic E-state index is 0.114. The number of dihydropyridines is 1. The zero-order valence-corrected chi connectivity index (χ0v) is 24.6. The minimum atomic E-state index is -1.02. The third kappa shape index (κ3) is 7.68. The van der Waals surface area contributed by atoms with E-state index in [1.165, 1.54) is 6.07 Å². The van der Waals surface area contributed by atoms with E-state index >= 15 is 0 Å². The maximum absolute atomic E-state index is 13.4. The second-order valence-electron chi connectivity index (χ2n) is 10.1. The van der Waals surface area contributed by atoms with Gasteiger partial charge in [-0.3, -0.25) is 15.2 Å². The third-order valence-electron chi connectivity index (χ3n) is 7.08. The number of nitrogens with zero attached hydrogens (tertiary/aromatic N) is 2. The Kier molecular flexibility index (Phi) is 10.7. The molecule has 0 spiro atoms.